The molecule has 2 amide bonds. The molecule has 4 aliphatic rings. The average molecular weight is 389 g/mol. The maximum Gasteiger partial charge on any atom is 0.287 e. The Balaban J connectivity index is 1.57. The van der Waals surface area contributed by atoms with E-state index in [1.165, 1.54) is 0 Å². The van der Waals surface area contributed by atoms with Crippen LogP contribution in [0, 0.1) is 34.5 Å². The lowest BCUT2D eigenvalue weighted by Gasteiger charge is -2.59. The fourth-order valence-corrected chi connectivity index (χ4v) is 7.50. The highest BCUT2D eigenvalue weighted by Crippen LogP contribution is 2.65. The van der Waals surface area contributed by atoms with Crippen LogP contribution >= 0.6 is 0 Å². The van der Waals surface area contributed by atoms with Gasteiger partial charge in [0.1, 0.15) is 0 Å². The quantitative estimate of drug-likeness (QED) is 0.677. The predicted molar refractivity (Wildman–Crippen MR) is 107 cm³/mol. The molecule has 5 heteroatoms. The van der Waals surface area contributed by atoms with E-state index in [2.05, 4.69) is 24.5 Å². The van der Waals surface area contributed by atoms with Gasteiger partial charge in [-0.25, -0.2) is 0 Å². The van der Waals surface area contributed by atoms with Crippen molar-refractivity contribution in [2.24, 2.45) is 34.5 Å². The fourth-order valence-electron chi connectivity index (χ4n) is 7.50. The smallest absolute Gasteiger partial charge is 0.287 e. The molecule has 156 valence electrons. The molecule has 7 atom stereocenters. The van der Waals surface area contributed by atoms with E-state index in [4.69, 9.17) is 0 Å². The van der Waals surface area contributed by atoms with Crippen LogP contribution in [0.2, 0.25) is 0 Å². The van der Waals surface area contributed by atoms with Crippen LogP contribution in [0.4, 0.5) is 0 Å². The maximum absolute atomic E-state index is 13.0. The minimum absolute atomic E-state index is 0.0572. The van der Waals surface area contributed by atoms with Gasteiger partial charge in [-0.05, 0) is 87.9 Å². The summed E-state index contributed by atoms with van der Waals surface area (Å²) in [7, 11) is 0. The number of piperidine rings is 1. The molecule has 4 rings (SSSR count). The third-order valence-corrected chi connectivity index (χ3v) is 8.78. The molecule has 3 saturated carbocycles. The van der Waals surface area contributed by atoms with Gasteiger partial charge in [-0.1, -0.05) is 13.8 Å². The molecule has 4 fully saturated rings. The second-order valence-electron chi connectivity index (χ2n) is 11.5. The second kappa shape index (κ2) is 6.30. The van der Waals surface area contributed by atoms with Crippen molar-refractivity contribution in [1.29, 1.82) is 0 Å². The molecule has 5 nitrogen and oxygen atoms in total. The lowest BCUT2D eigenvalue weighted by molar-refractivity contribution is -0.153. The van der Waals surface area contributed by atoms with E-state index in [0.29, 0.717) is 24.2 Å². The van der Waals surface area contributed by atoms with E-state index in [0.717, 1.165) is 38.5 Å². The number of nitrogens with one attached hydrogen (secondary N) is 2. The molecule has 3 aliphatic carbocycles. The Labute approximate surface area is 168 Å². The van der Waals surface area contributed by atoms with Crippen LogP contribution < -0.4 is 10.6 Å². The Hall–Kier alpha value is -1.39. The maximum atomic E-state index is 13.0. The molecule has 0 aromatic rings. The highest BCUT2D eigenvalue weighted by atomic mass is 16.2. The lowest BCUT2D eigenvalue weighted by Crippen LogP contribution is -2.63. The Bertz CT molecular complexity index is 711. The Morgan fingerprint density at radius 2 is 1.68 bits per heavy atom. The summed E-state index contributed by atoms with van der Waals surface area (Å²) in [6.07, 6.45) is 6.65. The first-order chi connectivity index (χ1) is 13.0. The summed E-state index contributed by atoms with van der Waals surface area (Å²) < 4.78 is 0. The van der Waals surface area contributed by atoms with Gasteiger partial charge in [0.2, 0.25) is 11.7 Å². The van der Waals surface area contributed by atoms with Crippen LogP contribution in [0.3, 0.4) is 0 Å². The van der Waals surface area contributed by atoms with Crippen molar-refractivity contribution >= 4 is 17.6 Å². The average Bonchev–Trinajstić information content (AvgIpc) is 2.92. The Morgan fingerprint density at radius 3 is 2.36 bits per heavy atom. The SMILES string of the molecule is CC(C)(C)NC(=O)[C@H]1CC[C@H]2[C@@H]3CC[C@@H]4NC(=O)C(=O)C[C@]4(C)[C@H]3CC[C@]12C. The third-order valence-electron chi connectivity index (χ3n) is 8.78. The molecule has 0 unspecified atom stereocenters. The van der Waals surface area contributed by atoms with Crippen LogP contribution in [0.1, 0.15) is 79.6 Å². The normalized spacial score (nSPS) is 45.5. The van der Waals surface area contributed by atoms with Crippen molar-refractivity contribution in [1.82, 2.24) is 10.6 Å². The van der Waals surface area contributed by atoms with Gasteiger partial charge >= 0.3 is 0 Å². The van der Waals surface area contributed by atoms with Crippen LogP contribution in [-0.4, -0.2) is 29.2 Å². The number of carbonyl (C=O) groups excluding carboxylic acids is 3. The minimum Gasteiger partial charge on any atom is -0.351 e. The summed E-state index contributed by atoms with van der Waals surface area (Å²) in [6, 6.07) is 0.129. The molecule has 0 bridgehead atoms. The van der Waals surface area contributed by atoms with Gasteiger partial charge in [-0.15, -0.1) is 0 Å². The first-order valence-electron chi connectivity index (χ1n) is 11.1. The zero-order chi connectivity index (χ0) is 20.5. The van der Waals surface area contributed by atoms with Gasteiger partial charge in [0.25, 0.3) is 5.91 Å². The number of amides is 2. The molecule has 0 spiro atoms. The summed E-state index contributed by atoms with van der Waals surface area (Å²) in [4.78, 5) is 37.2. The van der Waals surface area contributed by atoms with E-state index < -0.39 is 0 Å². The van der Waals surface area contributed by atoms with E-state index >= 15 is 0 Å². The molecule has 1 saturated heterocycles. The molecule has 28 heavy (non-hydrogen) atoms. The highest BCUT2D eigenvalue weighted by molar-refractivity contribution is 6.37. The topological polar surface area (TPSA) is 75.3 Å². The largest absolute Gasteiger partial charge is 0.351 e. The number of hydrogen-bond acceptors (Lipinski definition) is 3. The standard InChI is InChI=1S/C23H36N2O3/c1-21(2,3)25-19(27)16-8-7-14-13-6-9-18-23(5,12-17(26)20(28)24-18)15(13)10-11-22(14,16)4/h13-16,18H,6-12H2,1-5H3,(H,24,28)(H,25,27)/t13-,14-,15-,16+,18-,22-,23+/m0/s1. The number of rotatable bonds is 1. The second-order valence-corrected chi connectivity index (χ2v) is 11.5. The highest BCUT2D eigenvalue weighted by Gasteiger charge is 2.62. The Morgan fingerprint density at radius 1 is 1.00 bits per heavy atom. The van der Waals surface area contributed by atoms with Crippen molar-refractivity contribution in [2.75, 3.05) is 0 Å². The van der Waals surface area contributed by atoms with E-state index in [9.17, 15) is 14.4 Å². The molecule has 1 aliphatic heterocycles. The first kappa shape index (κ1) is 19.9. The monoisotopic (exact) mass is 388 g/mol. The molecule has 0 aromatic carbocycles. The van der Waals surface area contributed by atoms with Gasteiger partial charge < -0.3 is 10.6 Å². The fraction of sp³-hybridized carbons (Fsp3) is 0.870. The first-order valence-corrected chi connectivity index (χ1v) is 11.1. The van der Waals surface area contributed by atoms with E-state index in [-0.39, 0.29) is 45.9 Å². The van der Waals surface area contributed by atoms with Crippen molar-refractivity contribution in [3.05, 3.63) is 0 Å². The minimum atomic E-state index is -0.388. The van der Waals surface area contributed by atoms with Gasteiger partial charge in [-0.2, -0.15) is 0 Å². The van der Waals surface area contributed by atoms with E-state index in [1.807, 2.05) is 20.8 Å². The van der Waals surface area contributed by atoms with Crippen molar-refractivity contribution in [3.8, 4) is 0 Å². The number of ketones is 1. The van der Waals surface area contributed by atoms with Crippen molar-refractivity contribution < 1.29 is 14.4 Å². The number of Topliss-reactive ketones (excluding diaryl/α,β-unsaturated/α-hetero) is 1. The molecular formula is C23H36N2O3. The molecule has 2 N–H and O–H groups in total. The number of hydrogen-bond donors (Lipinski definition) is 2. The summed E-state index contributed by atoms with van der Waals surface area (Å²) in [5, 5.41) is 6.23. The van der Waals surface area contributed by atoms with Crippen molar-refractivity contribution in [3.63, 3.8) is 0 Å². The summed E-state index contributed by atoms with van der Waals surface area (Å²) in [5.74, 6) is 1.26. The number of carbonyl (C=O) groups is 3. The van der Waals surface area contributed by atoms with Crippen molar-refractivity contribution in [2.45, 2.75) is 91.1 Å². The van der Waals surface area contributed by atoms with Gasteiger partial charge in [0, 0.05) is 23.9 Å². The zero-order valence-electron chi connectivity index (χ0n) is 18.1. The van der Waals surface area contributed by atoms with Crippen LogP contribution in [-0.2, 0) is 14.4 Å². The van der Waals surface area contributed by atoms with Crippen LogP contribution in [0.15, 0.2) is 0 Å². The van der Waals surface area contributed by atoms with E-state index in [1.54, 1.807) is 0 Å². The summed E-state index contributed by atoms with van der Waals surface area (Å²) in [5.41, 5.74) is -0.266. The zero-order valence-corrected chi connectivity index (χ0v) is 18.1. The number of fused-ring (bicyclic) bond motifs is 5. The summed E-state index contributed by atoms with van der Waals surface area (Å²) >= 11 is 0. The molecular weight excluding hydrogens is 352 g/mol. The molecule has 0 radical (unpaired) electrons. The lowest BCUT2D eigenvalue weighted by atomic mass is 9.47. The Kier molecular flexibility index (Phi) is 4.48. The van der Waals surface area contributed by atoms with Gasteiger partial charge in [0.15, 0.2) is 0 Å². The third kappa shape index (κ3) is 2.91. The van der Waals surface area contributed by atoms with Gasteiger partial charge in [0.05, 0.1) is 0 Å². The molecule has 0 aromatic heterocycles. The van der Waals surface area contributed by atoms with Gasteiger partial charge in [-0.3, -0.25) is 14.4 Å². The van der Waals surface area contributed by atoms with Crippen LogP contribution in [0.25, 0.3) is 0 Å². The van der Waals surface area contributed by atoms with Crippen LogP contribution in [0.5, 0.6) is 0 Å². The summed E-state index contributed by atoms with van der Waals surface area (Å²) in [6.45, 7) is 10.7. The molecule has 1 heterocycles. The predicted octanol–water partition coefficient (Wildman–Crippen LogP) is 3.22.